The van der Waals surface area contributed by atoms with Gasteiger partial charge in [0.15, 0.2) is 30.4 Å². The monoisotopic (exact) mass is 944 g/mol. The molecule has 0 aliphatic carbocycles. The molecule has 4 aliphatic rings. The van der Waals surface area contributed by atoms with E-state index in [1.807, 2.05) is 67.5 Å². The highest BCUT2D eigenvalue weighted by Gasteiger charge is 2.60. The van der Waals surface area contributed by atoms with Gasteiger partial charge in [-0.3, -0.25) is 9.59 Å². The Bertz CT molecular complexity index is 1590. The number of rotatable bonds is 17. The molecule has 0 bridgehead atoms. The summed E-state index contributed by atoms with van der Waals surface area (Å²) < 4.78 is 70.7. The third-order valence-corrected chi connectivity index (χ3v) is 15.1. The highest BCUT2D eigenvalue weighted by atomic mass is 16.8. The summed E-state index contributed by atoms with van der Waals surface area (Å²) >= 11 is 0. The van der Waals surface area contributed by atoms with E-state index in [4.69, 9.17) is 52.1 Å². The number of hydrogen-bond acceptors (Lipinski definition) is 18. The molecule has 0 saturated carbocycles. The predicted octanol–water partition coefficient (Wildman–Crippen LogP) is 6.51. The van der Waals surface area contributed by atoms with Gasteiger partial charge in [-0.1, -0.05) is 46.7 Å². The van der Waals surface area contributed by atoms with Crippen LogP contribution < -0.4 is 0 Å². The van der Waals surface area contributed by atoms with Gasteiger partial charge in [0.1, 0.15) is 18.2 Å². The Morgan fingerprint density at radius 2 is 1.48 bits per heavy atom. The zero-order valence-electron chi connectivity index (χ0n) is 43.1. The van der Waals surface area contributed by atoms with Gasteiger partial charge in [-0.25, -0.2) is 4.79 Å². The van der Waals surface area contributed by atoms with E-state index in [2.05, 4.69) is 23.9 Å². The summed E-state index contributed by atoms with van der Waals surface area (Å²) in [6.45, 7) is 27.5. The zero-order chi connectivity index (χ0) is 49.5. The van der Waals surface area contributed by atoms with E-state index in [1.165, 1.54) is 6.92 Å². The van der Waals surface area contributed by atoms with Crippen LogP contribution >= 0.6 is 0 Å². The lowest BCUT2D eigenvalue weighted by Gasteiger charge is -2.50. The molecule has 0 amide bonds. The standard InChI is InChI=1S/C48H85N3O15/c1-18-35-48(13)41(65-45(54)66-48)29(6)37(49-55)27(4)25-46(11,56-16)40(64-44-39(61-33(10)52)34(50(14)15)24-28(5)59-44)30(7)38(31(8)43(53)62-35)63-36-26-47(12,57-17)42(32(9)60-36)58-23-21-22-51(19-2)20-3/h27-32,34-42,44H,18-26H2,1-17H3/t27-,28-,29+,30+,31-,32+,34+,35-,36+,37?,38+,39-,40-,41-,42+,44+,46-,47-,48-/m1/s1. The van der Waals surface area contributed by atoms with Gasteiger partial charge in [0.05, 0.1) is 47.6 Å². The second-order valence-electron chi connectivity index (χ2n) is 20.2. The second kappa shape index (κ2) is 23.8. The third-order valence-electron chi connectivity index (χ3n) is 15.1. The van der Waals surface area contributed by atoms with Crippen molar-refractivity contribution in [3.05, 3.63) is 4.91 Å². The van der Waals surface area contributed by atoms with Gasteiger partial charge < -0.3 is 61.9 Å². The van der Waals surface area contributed by atoms with E-state index in [0.717, 1.165) is 26.1 Å². The fraction of sp³-hybridized carbons (Fsp3) is 0.938. The molecule has 18 heteroatoms. The van der Waals surface area contributed by atoms with Crippen molar-refractivity contribution in [1.82, 2.24) is 9.80 Å². The summed E-state index contributed by atoms with van der Waals surface area (Å²) in [5.74, 6) is -4.02. The lowest BCUT2D eigenvalue weighted by atomic mass is 9.72. The molecule has 4 fully saturated rings. The van der Waals surface area contributed by atoms with Crippen molar-refractivity contribution in [2.75, 3.05) is 54.6 Å². The number of methoxy groups -OCH3 is 2. The van der Waals surface area contributed by atoms with Crippen LogP contribution in [0.15, 0.2) is 5.18 Å². The first-order chi connectivity index (χ1) is 31.0. The van der Waals surface area contributed by atoms with E-state index in [-0.39, 0.29) is 31.4 Å². The highest BCUT2D eigenvalue weighted by Crippen LogP contribution is 2.45. The van der Waals surface area contributed by atoms with Crippen LogP contribution in [0.5, 0.6) is 0 Å². The van der Waals surface area contributed by atoms with Gasteiger partial charge in [-0.15, -0.1) is 0 Å². The Morgan fingerprint density at radius 3 is 2.05 bits per heavy atom. The number of carbonyl (C=O) groups is 3. The molecule has 66 heavy (non-hydrogen) atoms. The first kappa shape index (κ1) is 56.0. The van der Waals surface area contributed by atoms with Crippen LogP contribution in [0, 0.1) is 28.6 Å². The molecule has 19 atom stereocenters. The zero-order valence-corrected chi connectivity index (χ0v) is 43.1. The minimum absolute atomic E-state index is 0.198. The minimum Gasteiger partial charge on any atom is -0.458 e. The molecule has 1 unspecified atom stereocenters. The normalized spacial score (nSPS) is 42.8. The van der Waals surface area contributed by atoms with Crippen molar-refractivity contribution < 1.29 is 66.5 Å². The number of carbonyl (C=O) groups excluding carboxylic acids is 3. The topological polar surface area (TPSA) is 189 Å². The van der Waals surface area contributed by atoms with E-state index in [0.29, 0.717) is 13.0 Å². The molecule has 0 N–H and O–H groups in total. The quantitative estimate of drug-likeness (QED) is 0.0663. The summed E-state index contributed by atoms with van der Waals surface area (Å²) in [4.78, 5) is 57.8. The Kier molecular flexibility index (Phi) is 20.2. The van der Waals surface area contributed by atoms with Crippen molar-refractivity contribution in [3.63, 3.8) is 0 Å². The number of fused-ring (bicyclic) bond motifs is 1. The highest BCUT2D eigenvalue weighted by molar-refractivity contribution is 5.73. The number of ether oxygens (including phenoxy) is 11. The molecular weight excluding hydrogens is 859 g/mol. The van der Waals surface area contributed by atoms with Crippen molar-refractivity contribution >= 4 is 18.1 Å². The summed E-state index contributed by atoms with van der Waals surface area (Å²) in [5.41, 5.74) is -3.56. The summed E-state index contributed by atoms with van der Waals surface area (Å²) in [6, 6.07) is -1.20. The van der Waals surface area contributed by atoms with Crippen LogP contribution in [-0.4, -0.2) is 173 Å². The number of hydrogen-bond donors (Lipinski definition) is 0. The van der Waals surface area contributed by atoms with E-state index in [1.54, 1.807) is 35.0 Å². The lowest BCUT2D eigenvalue weighted by molar-refractivity contribution is -0.323. The maximum Gasteiger partial charge on any atom is 0.509 e. The van der Waals surface area contributed by atoms with Gasteiger partial charge in [0.2, 0.25) is 0 Å². The summed E-state index contributed by atoms with van der Waals surface area (Å²) in [7, 11) is 7.03. The number of nitrogens with zero attached hydrogens (tertiary/aromatic N) is 3. The summed E-state index contributed by atoms with van der Waals surface area (Å²) in [6.07, 6.45) is -6.82. The van der Waals surface area contributed by atoms with Gasteiger partial charge in [-0.05, 0) is 100 Å². The molecule has 4 aliphatic heterocycles. The largest absolute Gasteiger partial charge is 0.509 e. The fourth-order valence-electron chi connectivity index (χ4n) is 11.2. The van der Waals surface area contributed by atoms with Crippen molar-refractivity contribution in [2.45, 2.75) is 212 Å². The van der Waals surface area contributed by atoms with Crippen molar-refractivity contribution in [2.24, 2.45) is 28.8 Å². The second-order valence-corrected chi connectivity index (χ2v) is 20.2. The van der Waals surface area contributed by atoms with E-state index in [9.17, 15) is 19.3 Å². The molecule has 0 aromatic rings. The van der Waals surface area contributed by atoms with Crippen LogP contribution in [-0.2, 0) is 61.7 Å². The van der Waals surface area contributed by atoms with Crippen LogP contribution in [0.25, 0.3) is 0 Å². The smallest absolute Gasteiger partial charge is 0.458 e. The van der Waals surface area contributed by atoms with E-state index < -0.39 is 120 Å². The average molecular weight is 944 g/mol. The molecule has 0 spiro atoms. The fourth-order valence-corrected chi connectivity index (χ4v) is 11.2. The number of esters is 2. The summed E-state index contributed by atoms with van der Waals surface area (Å²) in [5, 5.41) is 3.63. The number of likely N-dealkylation sites (N-methyl/N-ethyl adjacent to an activating group) is 1. The number of nitroso groups, excluding NO2 is 1. The van der Waals surface area contributed by atoms with Gasteiger partial charge >= 0.3 is 18.1 Å². The Morgan fingerprint density at radius 1 is 0.848 bits per heavy atom. The average Bonchev–Trinajstić information content (AvgIpc) is 3.58. The molecular formula is C48H85N3O15. The van der Waals surface area contributed by atoms with Gasteiger partial charge in [0.25, 0.3) is 0 Å². The van der Waals surface area contributed by atoms with Crippen LogP contribution in [0.1, 0.15) is 122 Å². The Labute approximate surface area is 394 Å². The first-order valence-corrected chi connectivity index (χ1v) is 24.3. The van der Waals surface area contributed by atoms with Gasteiger partial charge in [0, 0.05) is 52.6 Å². The molecule has 4 heterocycles. The molecule has 382 valence electrons. The molecule has 0 aromatic carbocycles. The van der Waals surface area contributed by atoms with Crippen LogP contribution in [0.4, 0.5) is 4.79 Å². The Hall–Kier alpha value is -2.55. The van der Waals surface area contributed by atoms with E-state index >= 15 is 0 Å². The van der Waals surface area contributed by atoms with Crippen LogP contribution in [0.2, 0.25) is 0 Å². The molecule has 4 rings (SSSR count). The van der Waals surface area contributed by atoms with Crippen molar-refractivity contribution in [1.29, 1.82) is 0 Å². The third kappa shape index (κ3) is 12.6. The maximum atomic E-state index is 14.8. The molecule has 4 saturated heterocycles. The lowest BCUT2D eigenvalue weighted by Crippen LogP contribution is -2.62. The molecule has 18 nitrogen and oxygen atoms in total. The number of cyclic esters (lactones) is 1. The maximum absolute atomic E-state index is 14.8. The first-order valence-electron chi connectivity index (χ1n) is 24.3. The predicted molar refractivity (Wildman–Crippen MR) is 244 cm³/mol. The Balaban J connectivity index is 1.86. The SMILES string of the molecule is CC[C@H]1OC(=O)[C@H](C)[C@@H](O[C@H]2C[C@@](C)(OC)[C@@H](OCCCN(CC)CC)[C@H](C)O2)[C@H](C)[C@@H](O[C@@H]2O[C@H](C)C[C@H](N(C)C)[C@H]2OC(C)=O)[C@](C)(OC)C[C@@H](C)C(N=O)[C@H](C)[C@H]2OC(=O)O[C@@]21C. The minimum atomic E-state index is -1.46. The van der Waals surface area contributed by atoms with Gasteiger partial charge in [-0.2, -0.15) is 4.91 Å². The molecule has 0 aromatic heterocycles. The molecule has 0 radical (unpaired) electrons. The van der Waals surface area contributed by atoms with Crippen molar-refractivity contribution in [3.8, 4) is 0 Å². The van der Waals surface area contributed by atoms with Crippen LogP contribution in [0.3, 0.4) is 0 Å².